The molecule has 0 aliphatic carbocycles. The second kappa shape index (κ2) is 8.60. The fourth-order valence-electron chi connectivity index (χ4n) is 2.66. The number of hydrogen-bond donors (Lipinski definition) is 1. The summed E-state index contributed by atoms with van der Waals surface area (Å²) in [6, 6.07) is 0. The van der Waals surface area contributed by atoms with E-state index in [1.165, 1.54) is 43.8 Å². The maximum Gasteiger partial charge on any atom is 0.185 e. The SMILES string of the molecule is CCN(CC)c1ncc(CNCCCN2CCCC2)s1. The molecule has 0 aromatic carbocycles. The van der Waals surface area contributed by atoms with Gasteiger partial charge in [-0.25, -0.2) is 4.98 Å². The summed E-state index contributed by atoms with van der Waals surface area (Å²) in [5.74, 6) is 0. The summed E-state index contributed by atoms with van der Waals surface area (Å²) < 4.78 is 0. The highest BCUT2D eigenvalue weighted by molar-refractivity contribution is 7.15. The third kappa shape index (κ3) is 4.72. The van der Waals surface area contributed by atoms with Gasteiger partial charge in [0.05, 0.1) is 0 Å². The van der Waals surface area contributed by atoms with Crippen LogP contribution in [-0.4, -0.2) is 49.2 Å². The maximum atomic E-state index is 4.52. The number of nitrogens with zero attached hydrogens (tertiary/aromatic N) is 3. The monoisotopic (exact) mass is 296 g/mol. The number of likely N-dealkylation sites (tertiary alicyclic amines) is 1. The van der Waals surface area contributed by atoms with Crippen molar-refractivity contribution in [2.24, 2.45) is 0 Å². The van der Waals surface area contributed by atoms with E-state index in [2.05, 4.69) is 33.9 Å². The van der Waals surface area contributed by atoms with Crippen LogP contribution < -0.4 is 10.2 Å². The van der Waals surface area contributed by atoms with Gasteiger partial charge < -0.3 is 15.1 Å². The average Bonchev–Trinajstić information content (AvgIpc) is 3.12. The molecule has 2 heterocycles. The molecule has 0 bridgehead atoms. The number of nitrogens with one attached hydrogen (secondary N) is 1. The Bertz CT molecular complexity index is 370. The number of thiazole rings is 1. The van der Waals surface area contributed by atoms with E-state index in [4.69, 9.17) is 0 Å². The Hall–Kier alpha value is -0.650. The van der Waals surface area contributed by atoms with E-state index in [0.717, 1.165) is 31.3 Å². The highest BCUT2D eigenvalue weighted by atomic mass is 32.1. The molecule has 4 nitrogen and oxygen atoms in total. The predicted molar refractivity (Wildman–Crippen MR) is 87.7 cm³/mol. The van der Waals surface area contributed by atoms with E-state index >= 15 is 0 Å². The van der Waals surface area contributed by atoms with Crippen molar-refractivity contribution in [2.45, 2.75) is 39.7 Å². The topological polar surface area (TPSA) is 31.4 Å². The van der Waals surface area contributed by atoms with Crippen LogP contribution in [0.3, 0.4) is 0 Å². The number of anilines is 1. The predicted octanol–water partition coefficient (Wildman–Crippen LogP) is 2.56. The lowest BCUT2D eigenvalue weighted by Gasteiger charge is -2.16. The molecule has 0 saturated carbocycles. The average molecular weight is 296 g/mol. The first-order valence-corrected chi connectivity index (χ1v) is 8.77. The molecule has 0 spiro atoms. The zero-order valence-corrected chi connectivity index (χ0v) is 13.7. The highest BCUT2D eigenvalue weighted by Gasteiger charge is 2.10. The van der Waals surface area contributed by atoms with Crippen molar-refractivity contribution in [2.75, 3.05) is 44.2 Å². The normalized spacial score (nSPS) is 15.9. The summed E-state index contributed by atoms with van der Waals surface area (Å²) in [6.07, 6.45) is 6.05. The smallest absolute Gasteiger partial charge is 0.185 e. The molecule has 1 N–H and O–H groups in total. The summed E-state index contributed by atoms with van der Waals surface area (Å²) >= 11 is 1.82. The van der Waals surface area contributed by atoms with Gasteiger partial charge in [0.25, 0.3) is 0 Å². The Morgan fingerprint density at radius 1 is 1.30 bits per heavy atom. The van der Waals surface area contributed by atoms with E-state index in [1.54, 1.807) is 0 Å². The van der Waals surface area contributed by atoms with Crippen LogP contribution in [0.25, 0.3) is 0 Å². The van der Waals surface area contributed by atoms with Crippen LogP contribution in [-0.2, 0) is 6.54 Å². The summed E-state index contributed by atoms with van der Waals surface area (Å²) in [5, 5.41) is 4.70. The summed E-state index contributed by atoms with van der Waals surface area (Å²) in [4.78, 5) is 10.7. The third-order valence-electron chi connectivity index (χ3n) is 3.90. The van der Waals surface area contributed by atoms with E-state index in [0.29, 0.717) is 0 Å². The Labute approximate surface area is 127 Å². The molecule has 1 fully saturated rings. The lowest BCUT2D eigenvalue weighted by atomic mass is 10.4. The lowest BCUT2D eigenvalue weighted by molar-refractivity contribution is 0.331. The molecule has 0 amide bonds. The van der Waals surface area contributed by atoms with E-state index in [9.17, 15) is 0 Å². The van der Waals surface area contributed by atoms with Crippen LogP contribution >= 0.6 is 11.3 Å². The highest BCUT2D eigenvalue weighted by Crippen LogP contribution is 2.21. The van der Waals surface area contributed by atoms with Gasteiger partial charge in [-0.2, -0.15) is 0 Å². The minimum atomic E-state index is 0.957. The van der Waals surface area contributed by atoms with Gasteiger partial charge in [0.15, 0.2) is 5.13 Å². The number of rotatable bonds is 9. The van der Waals surface area contributed by atoms with Crippen molar-refractivity contribution in [1.29, 1.82) is 0 Å². The van der Waals surface area contributed by atoms with Crippen LogP contribution in [0.1, 0.15) is 38.0 Å². The molecule has 20 heavy (non-hydrogen) atoms. The van der Waals surface area contributed by atoms with Crippen molar-refractivity contribution >= 4 is 16.5 Å². The molecule has 0 unspecified atom stereocenters. The van der Waals surface area contributed by atoms with Gasteiger partial charge in [0.2, 0.25) is 0 Å². The van der Waals surface area contributed by atoms with Gasteiger partial charge in [0, 0.05) is 30.7 Å². The van der Waals surface area contributed by atoms with Gasteiger partial charge >= 0.3 is 0 Å². The fourth-order valence-corrected chi connectivity index (χ4v) is 3.67. The van der Waals surface area contributed by atoms with Gasteiger partial charge in [-0.15, -0.1) is 11.3 Å². The Morgan fingerprint density at radius 3 is 2.75 bits per heavy atom. The molecular formula is C15H28N4S. The quantitative estimate of drug-likeness (QED) is 0.710. The van der Waals surface area contributed by atoms with Crippen LogP contribution in [0, 0.1) is 0 Å². The van der Waals surface area contributed by atoms with Crippen LogP contribution in [0.15, 0.2) is 6.20 Å². The van der Waals surface area contributed by atoms with Gasteiger partial charge in [0.1, 0.15) is 0 Å². The molecule has 1 aliphatic rings. The Kier molecular flexibility index (Phi) is 6.76. The molecule has 0 radical (unpaired) electrons. The molecule has 1 aromatic heterocycles. The van der Waals surface area contributed by atoms with Gasteiger partial charge in [-0.05, 0) is 59.3 Å². The van der Waals surface area contributed by atoms with Crippen molar-refractivity contribution in [3.05, 3.63) is 11.1 Å². The van der Waals surface area contributed by atoms with Crippen molar-refractivity contribution in [3.8, 4) is 0 Å². The third-order valence-corrected chi connectivity index (χ3v) is 4.96. The Balaban J connectivity index is 1.61. The molecule has 1 saturated heterocycles. The first kappa shape index (κ1) is 15.7. The van der Waals surface area contributed by atoms with Crippen LogP contribution in [0.5, 0.6) is 0 Å². The molecular weight excluding hydrogens is 268 g/mol. The first-order valence-electron chi connectivity index (χ1n) is 7.96. The molecule has 1 aromatic rings. The minimum Gasteiger partial charge on any atom is -0.349 e. The summed E-state index contributed by atoms with van der Waals surface area (Å²) in [7, 11) is 0. The number of aromatic nitrogens is 1. The minimum absolute atomic E-state index is 0.957. The standard InChI is InChI=1S/C15H28N4S/c1-3-19(4-2)15-17-13-14(20-15)12-16-8-7-11-18-9-5-6-10-18/h13,16H,3-12H2,1-2H3. The zero-order valence-electron chi connectivity index (χ0n) is 12.9. The zero-order chi connectivity index (χ0) is 14.2. The summed E-state index contributed by atoms with van der Waals surface area (Å²) in [6.45, 7) is 12.4. The lowest BCUT2D eigenvalue weighted by Crippen LogP contribution is -2.24. The molecule has 2 rings (SSSR count). The first-order chi connectivity index (χ1) is 9.83. The maximum absolute atomic E-state index is 4.52. The van der Waals surface area contributed by atoms with E-state index < -0.39 is 0 Å². The van der Waals surface area contributed by atoms with Crippen LogP contribution in [0.2, 0.25) is 0 Å². The van der Waals surface area contributed by atoms with Crippen LogP contribution in [0.4, 0.5) is 5.13 Å². The largest absolute Gasteiger partial charge is 0.349 e. The Morgan fingerprint density at radius 2 is 2.05 bits per heavy atom. The summed E-state index contributed by atoms with van der Waals surface area (Å²) in [5.41, 5.74) is 0. The molecule has 0 atom stereocenters. The van der Waals surface area contributed by atoms with E-state index in [-0.39, 0.29) is 0 Å². The van der Waals surface area contributed by atoms with E-state index in [1.807, 2.05) is 17.5 Å². The second-order valence-corrected chi connectivity index (χ2v) is 6.45. The molecule has 5 heteroatoms. The van der Waals surface area contributed by atoms with Gasteiger partial charge in [-0.1, -0.05) is 0 Å². The van der Waals surface area contributed by atoms with Crippen molar-refractivity contribution < 1.29 is 0 Å². The number of hydrogen-bond acceptors (Lipinski definition) is 5. The fraction of sp³-hybridized carbons (Fsp3) is 0.800. The van der Waals surface area contributed by atoms with Crippen molar-refractivity contribution in [1.82, 2.24) is 15.2 Å². The molecule has 1 aliphatic heterocycles. The van der Waals surface area contributed by atoms with Gasteiger partial charge in [-0.3, -0.25) is 0 Å². The van der Waals surface area contributed by atoms with Crippen molar-refractivity contribution in [3.63, 3.8) is 0 Å². The second-order valence-electron chi connectivity index (χ2n) is 5.36. The molecule has 114 valence electrons.